The number of carbonyl (C=O) groups is 1. The lowest BCUT2D eigenvalue weighted by Crippen LogP contribution is -2.24. The average Bonchev–Trinajstić information content (AvgIpc) is 2.98. The van der Waals surface area contributed by atoms with E-state index in [1.54, 1.807) is 0 Å². The summed E-state index contributed by atoms with van der Waals surface area (Å²) in [5.41, 5.74) is 1.92. The molecule has 2 aliphatic rings. The van der Waals surface area contributed by atoms with E-state index in [9.17, 15) is 4.79 Å². The van der Waals surface area contributed by atoms with Gasteiger partial charge in [0.15, 0.2) is 5.78 Å². The van der Waals surface area contributed by atoms with Gasteiger partial charge in [0, 0.05) is 17.9 Å². The Kier molecular flexibility index (Phi) is 1.91. The molecule has 0 bridgehead atoms. The molecule has 3 rings (SSSR count). The molecule has 0 spiro atoms. The lowest BCUT2D eigenvalue weighted by atomic mass is 9.98. The van der Waals surface area contributed by atoms with E-state index in [-0.39, 0.29) is 5.60 Å². The quantitative estimate of drug-likeness (QED) is 0.710. The number of benzene rings is 1. The number of ether oxygens (including phenoxy) is 1. The summed E-state index contributed by atoms with van der Waals surface area (Å²) >= 11 is 0. The molecule has 0 atom stereocenters. The van der Waals surface area contributed by atoms with Crippen molar-refractivity contribution in [3.8, 4) is 5.75 Å². The second kappa shape index (κ2) is 3.09. The summed E-state index contributed by atoms with van der Waals surface area (Å²) in [6, 6.07) is 5.87. The monoisotopic (exact) mass is 216 g/mol. The van der Waals surface area contributed by atoms with Crippen LogP contribution in [0.3, 0.4) is 0 Å². The molecular weight excluding hydrogens is 200 g/mol. The Morgan fingerprint density at radius 3 is 2.81 bits per heavy atom. The van der Waals surface area contributed by atoms with Crippen LogP contribution in [-0.2, 0) is 6.42 Å². The van der Waals surface area contributed by atoms with E-state index in [1.807, 2.05) is 18.2 Å². The molecule has 0 radical (unpaired) electrons. The summed E-state index contributed by atoms with van der Waals surface area (Å²) in [6.07, 6.45) is 3.03. The predicted molar refractivity (Wildman–Crippen MR) is 61.9 cm³/mol. The Labute approximate surface area is 95.6 Å². The smallest absolute Gasteiger partial charge is 0.165 e. The van der Waals surface area contributed by atoms with Crippen LogP contribution in [0.4, 0.5) is 0 Å². The summed E-state index contributed by atoms with van der Waals surface area (Å²) in [4.78, 5) is 11.9. The van der Waals surface area contributed by atoms with Crippen molar-refractivity contribution >= 4 is 5.78 Å². The normalized spacial score (nSPS) is 21.4. The Bertz CT molecular complexity index is 456. The first kappa shape index (κ1) is 9.88. The summed E-state index contributed by atoms with van der Waals surface area (Å²) in [5.74, 6) is 1.55. The van der Waals surface area contributed by atoms with Gasteiger partial charge >= 0.3 is 0 Å². The molecule has 1 aliphatic carbocycles. The van der Waals surface area contributed by atoms with Crippen LogP contribution in [0.5, 0.6) is 5.75 Å². The van der Waals surface area contributed by atoms with Gasteiger partial charge in [-0.15, -0.1) is 0 Å². The zero-order chi connectivity index (χ0) is 11.3. The molecule has 2 nitrogen and oxygen atoms in total. The molecule has 1 heterocycles. The highest BCUT2D eigenvalue weighted by Crippen LogP contribution is 2.37. The van der Waals surface area contributed by atoms with Crippen LogP contribution in [0.1, 0.15) is 42.6 Å². The third kappa shape index (κ3) is 1.62. The van der Waals surface area contributed by atoms with Crippen molar-refractivity contribution in [2.45, 2.75) is 38.7 Å². The zero-order valence-electron chi connectivity index (χ0n) is 9.75. The molecule has 16 heavy (non-hydrogen) atoms. The van der Waals surface area contributed by atoms with Crippen molar-refractivity contribution < 1.29 is 9.53 Å². The Morgan fingerprint density at radius 1 is 1.38 bits per heavy atom. The molecule has 84 valence electrons. The highest BCUT2D eigenvalue weighted by atomic mass is 16.5. The molecular formula is C14H16O2. The van der Waals surface area contributed by atoms with Crippen molar-refractivity contribution in [3.05, 3.63) is 29.3 Å². The highest BCUT2D eigenvalue weighted by Gasteiger charge is 2.33. The average molecular weight is 216 g/mol. The number of hydrogen-bond donors (Lipinski definition) is 0. The lowest BCUT2D eigenvalue weighted by molar-refractivity contribution is 0.0967. The van der Waals surface area contributed by atoms with Crippen LogP contribution < -0.4 is 4.74 Å². The van der Waals surface area contributed by atoms with E-state index in [0.717, 1.165) is 30.6 Å². The summed E-state index contributed by atoms with van der Waals surface area (Å²) in [5, 5.41) is 0. The standard InChI is InChI=1S/C14H16O2/c1-14(2)8-11-7-10(5-6-12(11)16-14)13(15)9-3-4-9/h5-7,9H,3-4,8H2,1-2H3. The van der Waals surface area contributed by atoms with Crippen LogP contribution in [-0.4, -0.2) is 11.4 Å². The Morgan fingerprint density at radius 2 is 2.12 bits per heavy atom. The number of rotatable bonds is 2. The Hall–Kier alpha value is -1.31. The fourth-order valence-electron chi connectivity index (χ4n) is 2.34. The van der Waals surface area contributed by atoms with Crippen molar-refractivity contribution in [3.63, 3.8) is 0 Å². The van der Waals surface area contributed by atoms with Crippen LogP contribution in [0, 0.1) is 5.92 Å². The van der Waals surface area contributed by atoms with E-state index in [1.165, 1.54) is 5.56 Å². The molecule has 2 heteroatoms. The van der Waals surface area contributed by atoms with Gasteiger partial charge in [0.05, 0.1) is 0 Å². The van der Waals surface area contributed by atoms with Crippen LogP contribution in [0.15, 0.2) is 18.2 Å². The summed E-state index contributed by atoms with van der Waals surface area (Å²) < 4.78 is 5.79. The first-order chi connectivity index (χ1) is 7.55. The largest absolute Gasteiger partial charge is 0.487 e. The number of hydrogen-bond acceptors (Lipinski definition) is 2. The molecule has 1 fully saturated rings. The first-order valence-electron chi connectivity index (χ1n) is 5.91. The van der Waals surface area contributed by atoms with Crippen LogP contribution >= 0.6 is 0 Å². The summed E-state index contributed by atoms with van der Waals surface area (Å²) in [6.45, 7) is 4.16. The summed E-state index contributed by atoms with van der Waals surface area (Å²) in [7, 11) is 0. The van der Waals surface area contributed by atoms with Crippen molar-refractivity contribution in [1.29, 1.82) is 0 Å². The fraction of sp³-hybridized carbons (Fsp3) is 0.500. The maximum absolute atomic E-state index is 11.9. The fourth-order valence-corrected chi connectivity index (χ4v) is 2.34. The predicted octanol–water partition coefficient (Wildman–Crippen LogP) is 2.99. The van der Waals surface area contributed by atoms with Gasteiger partial charge in [-0.3, -0.25) is 4.79 Å². The molecule has 0 saturated heterocycles. The van der Waals surface area contributed by atoms with Gasteiger partial charge < -0.3 is 4.74 Å². The van der Waals surface area contributed by atoms with Gasteiger partial charge in [-0.2, -0.15) is 0 Å². The van der Waals surface area contributed by atoms with Crippen molar-refractivity contribution in [2.24, 2.45) is 5.92 Å². The second-order valence-corrected chi connectivity index (χ2v) is 5.50. The first-order valence-corrected chi connectivity index (χ1v) is 5.91. The zero-order valence-corrected chi connectivity index (χ0v) is 9.75. The van der Waals surface area contributed by atoms with E-state index >= 15 is 0 Å². The number of carbonyl (C=O) groups excluding carboxylic acids is 1. The minimum absolute atomic E-state index is 0.121. The lowest BCUT2D eigenvalue weighted by Gasteiger charge is -2.16. The molecule has 1 aromatic carbocycles. The van der Waals surface area contributed by atoms with Gasteiger partial charge in [0.1, 0.15) is 11.4 Å². The number of fused-ring (bicyclic) bond motifs is 1. The van der Waals surface area contributed by atoms with Gasteiger partial charge in [-0.05, 0) is 50.5 Å². The minimum Gasteiger partial charge on any atom is -0.487 e. The third-order valence-corrected chi connectivity index (χ3v) is 3.30. The van der Waals surface area contributed by atoms with Gasteiger partial charge in [-0.1, -0.05) is 0 Å². The molecule has 0 N–H and O–H groups in total. The molecule has 0 aromatic heterocycles. The molecule has 1 aromatic rings. The van der Waals surface area contributed by atoms with Gasteiger partial charge in [0.25, 0.3) is 0 Å². The number of ketones is 1. The Balaban J connectivity index is 1.92. The molecule has 0 unspecified atom stereocenters. The van der Waals surface area contributed by atoms with Gasteiger partial charge in [-0.25, -0.2) is 0 Å². The van der Waals surface area contributed by atoms with E-state index in [4.69, 9.17) is 4.74 Å². The molecule has 0 amide bonds. The molecule has 1 saturated carbocycles. The minimum atomic E-state index is -0.121. The van der Waals surface area contributed by atoms with Gasteiger partial charge in [0.2, 0.25) is 0 Å². The maximum Gasteiger partial charge on any atom is 0.165 e. The second-order valence-electron chi connectivity index (χ2n) is 5.50. The van der Waals surface area contributed by atoms with E-state index in [0.29, 0.717) is 11.7 Å². The maximum atomic E-state index is 11.9. The van der Waals surface area contributed by atoms with Crippen LogP contribution in [0.2, 0.25) is 0 Å². The number of Topliss-reactive ketones (excluding diaryl/α,β-unsaturated/α-hetero) is 1. The topological polar surface area (TPSA) is 26.3 Å². The highest BCUT2D eigenvalue weighted by molar-refractivity contribution is 5.99. The van der Waals surface area contributed by atoms with Crippen LogP contribution in [0.25, 0.3) is 0 Å². The van der Waals surface area contributed by atoms with E-state index < -0.39 is 0 Å². The SMILES string of the molecule is CC1(C)Cc2cc(C(=O)C3CC3)ccc2O1. The van der Waals surface area contributed by atoms with Crippen molar-refractivity contribution in [1.82, 2.24) is 0 Å². The molecule has 1 aliphatic heterocycles. The third-order valence-electron chi connectivity index (χ3n) is 3.30. The van der Waals surface area contributed by atoms with E-state index in [2.05, 4.69) is 13.8 Å². The van der Waals surface area contributed by atoms with Crippen molar-refractivity contribution in [2.75, 3.05) is 0 Å².